The van der Waals surface area contributed by atoms with Gasteiger partial charge in [0, 0.05) is 19.3 Å². The highest BCUT2D eigenvalue weighted by Crippen LogP contribution is 2.31. The SMILES string of the molecule is CN(Cc1ccccn1)C(CN)c1cc(Br)c(Br)o1. The van der Waals surface area contributed by atoms with Gasteiger partial charge in [0.1, 0.15) is 5.76 Å². The van der Waals surface area contributed by atoms with E-state index in [2.05, 4.69) is 41.7 Å². The average Bonchev–Trinajstić information content (AvgIpc) is 2.71. The molecule has 0 aliphatic heterocycles. The van der Waals surface area contributed by atoms with Crippen molar-refractivity contribution >= 4 is 31.9 Å². The smallest absolute Gasteiger partial charge is 0.183 e. The first-order chi connectivity index (χ1) is 9.11. The summed E-state index contributed by atoms with van der Waals surface area (Å²) < 4.78 is 7.24. The maximum Gasteiger partial charge on any atom is 0.183 e. The average molecular weight is 389 g/mol. The number of rotatable bonds is 5. The van der Waals surface area contributed by atoms with Gasteiger partial charge >= 0.3 is 0 Å². The maximum absolute atomic E-state index is 5.87. The fraction of sp³-hybridized carbons (Fsp3) is 0.308. The lowest BCUT2D eigenvalue weighted by molar-refractivity contribution is 0.209. The Kier molecular flexibility index (Phi) is 5.15. The van der Waals surface area contributed by atoms with E-state index in [4.69, 9.17) is 10.2 Å². The van der Waals surface area contributed by atoms with Crippen LogP contribution in [0.3, 0.4) is 0 Å². The molecule has 0 aromatic carbocycles. The van der Waals surface area contributed by atoms with E-state index in [-0.39, 0.29) is 6.04 Å². The van der Waals surface area contributed by atoms with Gasteiger partial charge in [-0.15, -0.1) is 0 Å². The predicted octanol–water partition coefficient (Wildman–Crippen LogP) is 3.33. The van der Waals surface area contributed by atoms with Crippen molar-refractivity contribution in [2.45, 2.75) is 12.6 Å². The van der Waals surface area contributed by atoms with Gasteiger partial charge in [0.05, 0.1) is 16.2 Å². The Morgan fingerprint density at radius 3 is 2.74 bits per heavy atom. The number of hydrogen-bond acceptors (Lipinski definition) is 4. The minimum Gasteiger partial charge on any atom is -0.451 e. The van der Waals surface area contributed by atoms with Crippen molar-refractivity contribution in [3.8, 4) is 0 Å². The molecule has 4 nitrogen and oxygen atoms in total. The zero-order valence-corrected chi connectivity index (χ0v) is 13.7. The fourth-order valence-electron chi connectivity index (χ4n) is 1.90. The van der Waals surface area contributed by atoms with Gasteiger partial charge in [-0.3, -0.25) is 9.88 Å². The van der Waals surface area contributed by atoms with Crippen molar-refractivity contribution in [3.05, 3.63) is 51.1 Å². The van der Waals surface area contributed by atoms with Gasteiger partial charge in [0.2, 0.25) is 0 Å². The van der Waals surface area contributed by atoms with Gasteiger partial charge < -0.3 is 10.2 Å². The molecule has 0 bridgehead atoms. The number of likely N-dealkylation sites (N-methyl/N-ethyl adjacent to an activating group) is 1. The molecule has 1 atom stereocenters. The predicted molar refractivity (Wildman–Crippen MR) is 81.6 cm³/mol. The number of nitrogens with two attached hydrogens (primary N) is 1. The second-order valence-corrected chi connectivity index (χ2v) is 5.83. The molecule has 2 N–H and O–H groups in total. The van der Waals surface area contributed by atoms with Crippen LogP contribution in [0.25, 0.3) is 0 Å². The number of nitrogens with zero attached hydrogens (tertiary/aromatic N) is 2. The maximum atomic E-state index is 5.87. The van der Waals surface area contributed by atoms with Gasteiger partial charge in [-0.25, -0.2) is 0 Å². The van der Waals surface area contributed by atoms with Gasteiger partial charge in [0.25, 0.3) is 0 Å². The van der Waals surface area contributed by atoms with Crippen molar-refractivity contribution in [2.75, 3.05) is 13.6 Å². The van der Waals surface area contributed by atoms with E-state index in [1.54, 1.807) is 6.20 Å². The molecule has 19 heavy (non-hydrogen) atoms. The lowest BCUT2D eigenvalue weighted by Crippen LogP contribution is -2.30. The Labute approximate surface area is 129 Å². The highest BCUT2D eigenvalue weighted by atomic mass is 79.9. The van der Waals surface area contributed by atoms with Crippen LogP contribution in [0, 0.1) is 0 Å². The summed E-state index contributed by atoms with van der Waals surface area (Å²) in [7, 11) is 2.01. The highest BCUT2D eigenvalue weighted by molar-refractivity contribution is 9.13. The second-order valence-electron chi connectivity index (χ2n) is 4.26. The molecule has 0 fully saturated rings. The Hall–Kier alpha value is -0.690. The molecule has 0 saturated carbocycles. The van der Waals surface area contributed by atoms with E-state index in [9.17, 15) is 0 Å². The van der Waals surface area contributed by atoms with Crippen molar-refractivity contribution in [3.63, 3.8) is 0 Å². The fourth-order valence-corrected chi connectivity index (χ4v) is 2.51. The molecule has 0 aliphatic rings. The van der Waals surface area contributed by atoms with Crippen LogP contribution in [-0.4, -0.2) is 23.5 Å². The molecule has 2 heterocycles. The van der Waals surface area contributed by atoms with E-state index in [0.717, 1.165) is 22.5 Å². The molecule has 102 valence electrons. The van der Waals surface area contributed by atoms with Gasteiger partial charge in [-0.05, 0) is 57.1 Å². The molecule has 0 radical (unpaired) electrons. The Balaban J connectivity index is 2.13. The summed E-state index contributed by atoms with van der Waals surface area (Å²) >= 11 is 6.76. The van der Waals surface area contributed by atoms with Crippen molar-refractivity contribution in [1.29, 1.82) is 0 Å². The quantitative estimate of drug-likeness (QED) is 0.853. The Morgan fingerprint density at radius 1 is 1.42 bits per heavy atom. The van der Waals surface area contributed by atoms with Crippen LogP contribution < -0.4 is 5.73 Å². The third-order valence-electron chi connectivity index (χ3n) is 2.89. The summed E-state index contributed by atoms with van der Waals surface area (Å²) in [6, 6.07) is 7.84. The monoisotopic (exact) mass is 387 g/mol. The lowest BCUT2D eigenvalue weighted by atomic mass is 10.2. The third kappa shape index (κ3) is 3.66. The summed E-state index contributed by atoms with van der Waals surface area (Å²) in [4.78, 5) is 6.45. The minimum absolute atomic E-state index is 0.0182. The summed E-state index contributed by atoms with van der Waals surface area (Å²) in [6.07, 6.45) is 1.79. The summed E-state index contributed by atoms with van der Waals surface area (Å²) in [5.41, 5.74) is 6.87. The molecule has 2 aromatic rings. The number of hydrogen-bond donors (Lipinski definition) is 1. The first kappa shape index (κ1) is 14.7. The molecular weight excluding hydrogens is 374 g/mol. The lowest BCUT2D eigenvalue weighted by Gasteiger charge is -2.24. The summed E-state index contributed by atoms with van der Waals surface area (Å²) in [6.45, 7) is 1.20. The zero-order chi connectivity index (χ0) is 13.8. The van der Waals surface area contributed by atoms with E-state index in [0.29, 0.717) is 11.2 Å². The molecule has 0 amide bonds. The second kappa shape index (κ2) is 6.65. The molecular formula is C13H15Br2N3O. The first-order valence-corrected chi connectivity index (χ1v) is 7.45. The van der Waals surface area contributed by atoms with Crippen LogP contribution in [0.4, 0.5) is 0 Å². The van der Waals surface area contributed by atoms with Crippen molar-refractivity contribution in [2.24, 2.45) is 5.73 Å². The molecule has 2 aromatic heterocycles. The van der Waals surface area contributed by atoms with E-state index in [1.807, 2.05) is 31.3 Å². The Bertz CT molecular complexity index is 510. The third-order valence-corrected chi connectivity index (χ3v) is 4.60. The first-order valence-electron chi connectivity index (χ1n) is 5.86. The molecule has 0 aliphatic carbocycles. The van der Waals surface area contributed by atoms with Crippen LogP contribution >= 0.6 is 31.9 Å². The number of furan rings is 1. The van der Waals surface area contributed by atoms with E-state index < -0.39 is 0 Å². The molecule has 6 heteroatoms. The minimum atomic E-state index is 0.0182. The van der Waals surface area contributed by atoms with Crippen LogP contribution in [0.1, 0.15) is 17.5 Å². The van der Waals surface area contributed by atoms with Crippen LogP contribution in [0.15, 0.2) is 44.0 Å². The van der Waals surface area contributed by atoms with Gasteiger partial charge in [0.15, 0.2) is 4.67 Å². The van der Waals surface area contributed by atoms with E-state index >= 15 is 0 Å². The molecule has 2 rings (SSSR count). The standard InChI is InChI=1S/C13H15Br2N3O/c1-18(8-9-4-2-3-5-17-9)11(7-16)12-6-10(14)13(15)19-12/h2-6,11H,7-8,16H2,1H3. The van der Waals surface area contributed by atoms with Crippen LogP contribution in [0.5, 0.6) is 0 Å². The number of halogens is 2. The Morgan fingerprint density at radius 2 is 2.21 bits per heavy atom. The summed E-state index contributed by atoms with van der Waals surface area (Å²) in [5, 5.41) is 0. The van der Waals surface area contributed by atoms with Crippen LogP contribution in [-0.2, 0) is 6.54 Å². The van der Waals surface area contributed by atoms with Crippen LogP contribution in [0.2, 0.25) is 0 Å². The van der Waals surface area contributed by atoms with E-state index in [1.165, 1.54) is 0 Å². The largest absolute Gasteiger partial charge is 0.451 e. The summed E-state index contributed by atoms with van der Waals surface area (Å²) in [5.74, 6) is 0.833. The molecule has 1 unspecified atom stereocenters. The molecule has 0 spiro atoms. The van der Waals surface area contributed by atoms with Gasteiger partial charge in [-0.1, -0.05) is 6.07 Å². The highest BCUT2D eigenvalue weighted by Gasteiger charge is 2.21. The van der Waals surface area contributed by atoms with Gasteiger partial charge in [-0.2, -0.15) is 0 Å². The van der Waals surface area contributed by atoms with Crippen molar-refractivity contribution in [1.82, 2.24) is 9.88 Å². The molecule has 0 saturated heterocycles. The van der Waals surface area contributed by atoms with Crippen molar-refractivity contribution < 1.29 is 4.42 Å². The zero-order valence-electron chi connectivity index (χ0n) is 10.5. The topological polar surface area (TPSA) is 55.3 Å². The number of pyridine rings is 1. The normalized spacial score (nSPS) is 12.9. The number of aromatic nitrogens is 1.